The summed E-state index contributed by atoms with van der Waals surface area (Å²) in [6, 6.07) is 18.4. The maximum Gasteiger partial charge on any atom is 0.415 e. The van der Waals surface area contributed by atoms with Crippen molar-refractivity contribution in [3.8, 4) is 11.5 Å². The standard InChI is InChI=1S/C24H19ClFNO5/c1-2-30-23(28)22-21(15-4-3-5-17(26)14-15)27(24(29)32-22)18-8-12-20(13-9-18)31-19-10-6-16(25)7-11-19/h3-14,21-22H,2H2,1H3/t21-,22-/m0/s1. The molecule has 164 valence electrons. The van der Waals surface area contributed by atoms with E-state index < -0.39 is 30.0 Å². The van der Waals surface area contributed by atoms with Crippen LogP contribution in [0.1, 0.15) is 18.5 Å². The van der Waals surface area contributed by atoms with E-state index in [0.717, 1.165) is 0 Å². The van der Waals surface area contributed by atoms with Gasteiger partial charge in [0.15, 0.2) is 0 Å². The Morgan fingerprint density at radius 1 is 1.06 bits per heavy atom. The number of benzene rings is 3. The highest BCUT2D eigenvalue weighted by molar-refractivity contribution is 6.30. The second-order valence-corrected chi connectivity index (χ2v) is 7.41. The van der Waals surface area contributed by atoms with Crippen LogP contribution in [0.2, 0.25) is 5.02 Å². The third kappa shape index (κ3) is 4.53. The molecular formula is C24H19ClFNO5. The third-order valence-electron chi connectivity index (χ3n) is 4.86. The number of anilines is 1. The van der Waals surface area contributed by atoms with E-state index in [-0.39, 0.29) is 6.61 Å². The second-order valence-electron chi connectivity index (χ2n) is 6.98. The van der Waals surface area contributed by atoms with Gasteiger partial charge < -0.3 is 14.2 Å². The van der Waals surface area contributed by atoms with Crippen LogP contribution in [0.5, 0.6) is 11.5 Å². The fourth-order valence-corrected chi connectivity index (χ4v) is 3.60. The van der Waals surface area contributed by atoms with Gasteiger partial charge >= 0.3 is 12.1 Å². The van der Waals surface area contributed by atoms with Gasteiger partial charge in [-0.05, 0) is 73.2 Å². The first-order chi connectivity index (χ1) is 15.5. The van der Waals surface area contributed by atoms with E-state index in [9.17, 15) is 14.0 Å². The number of esters is 1. The van der Waals surface area contributed by atoms with E-state index in [4.69, 9.17) is 25.8 Å². The van der Waals surface area contributed by atoms with Crippen molar-refractivity contribution in [1.29, 1.82) is 0 Å². The van der Waals surface area contributed by atoms with Crippen molar-refractivity contribution >= 4 is 29.4 Å². The second kappa shape index (κ2) is 9.28. The molecule has 3 aromatic carbocycles. The molecule has 4 rings (SSSR count). The first kappa shape index (κ1) is 21.6. The van der Waals surface area contributed by atoms with Crippen molar-refractivity contribution < 1.29 is 28.2 Å². The lowest BCUT2D eigenvalue weighted by atomic mass is 10.00. The van der Waals surface area contributed by atoms with E-state index >= 15 is 0 Å². The molecule has 2 atom stereocenters. The van der Waals surface area contributed by atoms with Crippen LogP contribution in [-0.4, -0.2) is 24.8 Å². The quantitative estimate of drug-likeness (QED) is 0.433. The largest absolute Gasteiger partial charge is 0.463 e. The van der Waals surface area contributed by atoms with Gasteiger partial charge in [0.2, 0.25) is 6.10 Å². The average molecular weight is 456 g/mol. The molecule has 0 bridgehead atoms. The Kier molecular flexibility index (Phi) is 6.28. The molecule has 8 heteroatoms. The Labute approximate surface area is 189 Å². The Balaban J connectivity index is 1.64. The van der Waals surface area contributed by atoms with E-state index in [1.165, 1.54) is 23.1 Å². The highest BCUT2D eigenvalue weighted by atomic mass is 35.5. The summed E-state index contributed by atoms with van der Waals surface area (Å²) < 4.78 is 30.1. The highest BCUT2D eigenvalue weighted by Gasteiger charge is 2.48. The number of rotatable bonds is 6. The van der Waals surface area contributed by atoms with Crippen molar-refractivity contribution in [1.82, 2.24) is 0 Å². The highest BCUT2D eigenvalue weighted by Crippen LogP contribution is 2.39. The number of amides is 1. The van der Waals surface area contributed by atoms with E-state index in [1.54, 1.807) is 61.5 Å². The van der Waals surface area contributed by atoms with Crippen molar-refractivity contribution in [2.75, 3.05) is 11.5 Å². The lowest BCUT2D eigenvalue weighted by molar-refractivity contribution is -0.152. The summed E-state index contributed by atoms with van der Waals surface area (Å²) in [5, 5.41) is 0.597. The fraction of sp³-hybridized carbons (Fsp3) is 0.167. The number of carbonyl (C=O) groups is 2. The number of carbonyl (C=O) groups excluding carboxylic acids is 2. The molecule has 1 aliphatic heterocycles. The molecule has 1 amide bonds. The summed E-state index contributed by atoms with van der Waals surface area (Å²) in [4.78, 5) is 26.5. The van der Waals surface area contributed by atoms with Crippen LogP contribution in [-0.2, 0) is 14.3 Å². The molecule has 1 fully saturated rings. The summed E-state index contributed by atoms with van der Waals surface area (Å²) in [6.07, 6.45) is -1.96. The van der Waals surface area contributed by atoms with Gasteiger partial charge in [0, 0.05) is 10.7 Å². The predicted octanol–water partition coefficient (Wildman–Crippen LogP) is 5.90. The zero-order valence-corrected chi connectivity index (χ0v) is 17.8. The minimum absolute atomic E-state index is 0.124. The van der Waals surface area contributed by atoms with Gasteiger partial charge in [0.1, 0.15) is 23.4 Å². The number of hydrogen-bond acceptors (Lipinski definition) is 5. The Morgan fingerprint density at radius 2 is 1.72 bits per heavy atom. The smallest absolute Gasteiger partial charge is 0.415 e. The molecule has 0 unspecified atom stereocenters. The summed E-state index contributed by atoms with van der Waals surface area (Å²) >= 11 is 5.89. The molecule has 0 spiro atoms. The molecule has 1 aliphatic rings. The summed E-state index contributed by atoms with van der Waals surface area (Å²) in [7, 11) is 0. The maximum absolute atomic E-state index is 13.9. The van der Waals surface area contributed by atoms with Crippen molar-refractivity contribution in [3.63, 3.8) is 0 Å². The van der Waals surface area contributed by atoms with E-state index in [0.29, 0.717) is 27.8 Å². The molecule has 3 aromatic rings. The molecule has 0 aliphatic carbocycles. The van der Waals surface area contributed by atoms with Crippen molar-refractivity contribution in [2.24, 2.45) is 0 Å². The van der Waals surface area contributed by atoms with Gasteiger partial charge in [0.05, 0.1) is 6.61 Å². The topological polar surface area (TPSA) is 65.1 Å². The predicted molar refractivity (Wildman–Crippen MR) is 116 cm³/mol. The molecule has 0 aromatic heterocycles. The van der Waals surface area contributed by atoms with Crippen molar-refractivity contribution in [3.05, 3.63) is 89.2 Å². The number of halogens is 2. The van der Waals surface area contributed by atoms with Gasteiger partial charge in [-0.3, -0.25) is 4.90 Å². The zero-order valence-electron chi connectivity index (χ0n) is 17.0. The number of hydrogen-bond donors (Lipinski definition) is 0. The van der Waals surface area contributed by atoms with Gasteiger partial charge in [-0.1, -0.05) is 23.7 Å². The van der Waals surface area contributed by atoms with Crippen molar-refractivity contribution in [2.45, 2.75) is 19.1 Å². The Hall–Kier alpha value is -3.58. The SMILES string of the molecule is CCOC(=O)[C@H]1OC(=O)N(c2ccc(Oc3ccc(Cl)cc3)cc2)[C@H]1c1cccc(F)c1. The molecule has 32 heavy (non-hydrogen) atoms. The van der Waals surface area contributed by atoms with Crippen LogP contribution < -0.4 is 9.64 Å². The summed E-state index contributed by atoms with van der Waals surface area (Å²) in [5.41, 5.74) is 0.870. The fourth-order valence-electron chi connectivity index (χ4n) is 3.47. The van der Waals surface area contributed by atoms with Crippen LogP contribution in [0.4, 0.5) is 14.9 Å². The zero-order chi connectivity index (χ0) is 22.7. The number of ether oxygens (including phenoxy) is 3. The molecule has 6 nitrogen and oxygen atoms in total. The molecule has 0 N–H and O–H groups in total. The van der Waals surface area contributed by atoms with E-state index in [2.05, 4.69) is 0 Å². The van der Waals surface area contributed by atoms with Crippen LogP contribution in [0, 0.1) is 5.82 Å². The minimum atomic E-state index is -1.23. The molecule has 0 radical (unpaired) electrons. The lowest BCUT2D eigenvalue weighted by Crippen LogP contribution is -2.33. The summed E-state index contributed by atoms with van der Waals surface area (Å²) in [5.74, 6) is -0.0490. The van der Waals surface area contributed by atoms with E-state index in [1.807, 2.05) is 0 Å². The normalized spacial score (nSPS) is 17.7. The monoisotopic (exact) mass is 455 g/mol. The van der Waals surface area contributed by atoms with Crippen LogP contribution >= 0.6 is 11.6 Å². The average Bonchev–Trinajstić information content (AvgIpc) is 3.13. The van der Waals surface area contributed by atoms with Gasteiger partial charge in [-0.2, -0.15) is 0 Å². The third-order valence-corrected chi connectivity index (χ3v) is 5.11. The molecule has 1 heterocycles. The minimum Gasteiger partial charge on any atom is -0.463 e. The Bertz CT molecular complexity index is 1120. The lowest BCUT2D eigenvalue weighted by Gasteiger charge is -2.24. The summed E-state index contributed by atoms with van der Waals surface area (Å²) in [6.45, 7) is 1.78. The molecule has 1 saturated heterocycles. The van der Waals surface area contributed by atoms with Crippen LogP contribution in [0.25, 0.3) is 0 Å². The number of cyclic esters (lactones) is 1. The molecule has 0 saturated carbocycles. The molecular weight excluding hydrogens is 437 g/mol. The van der Waals surface area contributed by atoms with Gasteiger partial charge in [-0.15, -0.1) is 0 Å². The van der Waals surface area contributed by atoms with Crippen LogP contribution in [0.3, 0.4) is 0 Å². The van der Waals surface area contributed by atoms with Crippen LogP contribution in [0.15, 0.2) is 72.8 Å². The van der Waals surface area contributed by atoms with Gasteiger partial charge in [0.25, 0.3) is 0 Å². The maximum atomic E-state index is 13.9. The number of nitrogens with zero attached hydrogens (tertiary/aromatic N) is 1. The Morgan fingerprint density at radius 3 is 2.34 bits per heavy atom. The van der Waals surface area contributed by atoms with Gasteiger partial charge in [-0.25, -0.2) is 14.0 Å². The first-order valence-corrected chi connectivity index (χ1v) is 10.3. The first-order valence-electron chi connectivity index (χ1n) is 9.91.